The molecule has 0 saturated carbocycles. The van der Waals surface area contributed by atoms with Crippen LogP contribution in [0.2, 0.25) is 0 Å². The Morgan fingerprint density at radius 3 is 2.28 bits per heavy atom. The quantitative estimate of drug-likeness (QED) is 0.819. The molecule has 0 bridgehead atoms. The van der Waals surface area contributed by atoms with Gasteiger partial charge in [0.2, 0.25) is 5.91 Å². The highest BCUT2D eigenvalue weighted by molar-refractivity contribution is 5.83. The number of piperidine rings is 1. The van der Waals surface area contributed by atoms with Crippen molar-refractivity contribution < 1.29 is 14.7 Å². The topological polar surface area (TPSA) is 83.6 Å². The summed E-state index contributed by atoms with van der Waals surface area (Å²) in [6.07, 6.45) is 0.920. The summed E-state index contributed by atoms with van der Waals surface area (Å²) in [6, 6.07) is 5.89. The van der Waals surface area contributed by atoms with Gasteiger partial charge in [0.1, 0.15) is 17.6 Å². The minimum atomic E-state index is -0.529. The third-order valence-corrected chi connectivity index (χ3v) is 3.20. The second-order valence-electron chi connectivity index (χ2n) is 4.47. The molecule has 0 radical (unpaired) electrons. The lowest BCUT2D eigenvalue weighted by atomic mass is 10.0. The highest BCUT2D eigenvalue weighted by Crippen LogP contribution is 2.24. The smallest absolute Gasteiger partial charge is 0.239 e. The van der Waals surface area contributed by atoms with Crippen LogP contribution in [0.4, 0.5) is 0 Å². The number of nitrogens with zero attached hydrogens (tertiary/aromatic N) is 1. The average molecular weight is 248 g/mol. The number of amides is 1. The number of Topliss-reactive ketones (excluding diaryl/α,β-unsaturated/α-hetero) is 1. The van der Waals surface area contributed by atoms with Crippen molar-refractivity contribution in [3.05, 3.63) is 29.8 Å². The van der Waals surface area contributed by atoms with Crippen LogP contribution in [0.5, 0.6) is 5.75 Å². The highest BCUT2D eigenvalue weighted by Gasteiger charge is 2.28. The van der Waals surface area contributed by atoms with Crippen LogP contribution in [0.1, 0.15) is 24.4 Å². The van der Waals surface area contributed by atoms with E-state index in [2.05, 4.69) is 0 Å². The number of benzene rings is 1. The number of carbonyl (C=O) groups excluding carboxylic acids is 2. The Morgan fingerprint density at radius 1 is 1.22 bits per heavy atom. The van der Waals surface area contributed by atoms with Crippen molar-refractivity contribution in [1.82, 2.24) is 4.90 Å². The monoisotopic (exact) mass is 248 g/mol. The van der Waals surface area contributed by atoms with E-state index in [1.54, 1.807) is 12.1 Å². The van der Waals surface area contributed by atoms with E-state index in [1.165, 1.54) is 12.1 Å². The number of phenols is 1. The number of hydrogen-bond donors (Lipinski definition) is 2. The normalized spacial score (nSPS) is 18.6. The summed E-state index contributed by atoms with van der Waals surface area (Å²) in [5, 5.41) is 9.25. The average Bonchev–Trinajstić information content (AvgIpc) is 2.34. The first kappa shape index (κ1) is 12.6. The Kier molecular flexibility index (Phi) is 3.62. The zero-order valence-corrected chi connectivity index (χ0v) is 10.0. The molecule has 2 rings (SSSR count). The summed E-state index contributed by atoms with van der Waals surface area (Å²) in [5.41, 5.74) is 6.19. The van der Waals surface area contributed by atoms with Crippen molar-refractivity contribution in [3.8, 4) is 5.75 Å². The van der Waals surface area contributed by atoms with E-state index in [0.717, 1.165) is 5.56 Å². The molecule has 1 unspecified atom stereocenters. The Morgan fingerprint density at radius 2 is 1.78 bits per heavy atom. The maximum Gasteiger partial charge on any atom is 0.239 e. The maximum absolute atomic E-state index is 11.6. The molecule has 18 heavy (non-hydrogen) atoms. The van der Waals surface area contributed by atoms with Gasteiger partial charge >= 0.3 is 0 Å². The van der Waals surface area contributed by atoms with Crippen LogP contribution in [-0.2, 0) is 9.59 Å². The molecule has 5 nitrogen and oxygen atoms in total. The first-order valence-electron chi connectivity index (χ1n) is 5.92. The molecule has 1 amide bonds. The minimum absolute atomic E-state index is 0.149. The molecular weight excluding hydrogens is 232 g/mol. The third-order valence-electron chi connectivity index (χ3n) is 3.20. The zero-order chi connectivity index (χ0) is 13.1. The third kappa shape index (κ3) is 2.68. The standard InChI is InChI=1S/C13H16N2O3/c14-13(18)12(9-1-3-10(16)4-2-9)15-7-5-11(17)6-8-15/h1-4,12,16H,5-8H2,(H2,14,18). The number of phenolic OH excluding ortho intramolecular Hbond substituents is 1. The van der Waals surface area contributed by atoms with Crippen molar-refractivity contribution in [2.45, 2.75) is 18.9 Å². The largest absolute Gasteiger partial charge is 0.508 e. The fourth-order valence-corrected chi connectivity index (χ4v) is 2.24. The first-order chi connectivity index (χ1) is 8.58. The fraction of sp³-hybridized carbons (Fsp3) is 0.385. The van der Waals surface area contributed by atoms with E-state index in [1.807, 2.05) is 4.90 Å². The lowest BCUT2D eigenvalue weighted by molar-refractivity contribution is -0.128. The molecule has 1 atom stereocenters. The van der Waals surface area contributed by atoms with Gasteiger partial charge in [-0.1, -0.05) is 12.1 Å². The Balaban J connectivity index is 2.20. The number of likely N-dealkylation sites (tertiary alicyclic amines) is 1. The molecule has 0 aliphatic carbocycles. The van der Waals surface area contributed by atoms with E-state index >= 15 is 0 Å². The predicted molar refractivity (Wildman–Crippen MR) is 65.9 cm³/mol. The van der Waals surface area contributed by atoms with Gasteiger partial charge in [-0.25, -0.2) is 0 Å². The van der Waals surface area contributed by atoms with Gasteiger partial charge in [-0.2, -0.15) is 0 Å². The molecule has 5 heteroatoms. The van der Waals surface area contributed by atoms with Crippen LogP contribution < -0.4 is 5.73 Å². The molecule has 96 valence electrons. The van der Waals surface area contributed by atoms with Crippen molar-refractivity contribution in [3.63, 3.8) is 0 Å². The van der Waals surface area contributed by atoms with Crippen LogP contribution in [0.3, 0.4) is 0 Å². The number of aromatic hydroxyl groups is 1. The van der Waals surface area contributed by atoms with Gasteiger partial charge in [0.25, 0.3) is 0 Å². The van der Waals surface area contributed by atoms with Gasteiger partial charge in [0, 0.05) is 25.9 Å². The molecule has 1 aromatic rings. The molecule has 1 saturated heterocycles. The Hall–Kier alpha value is -1.88. The molecule has 1 fully saturated rings. The zero-order valence-electron chi connectivity index (χ0n) is 10.0. The predicted octanol–water partition coefficient (Wildman–Crippen LogP) is 0.583. The summed E-state index contributed by atoms with van der Waals surface area (Å²) < 4.78 is 0. The number of rotatable bonds is 3. The van der Waals surface area contributed by atoms with Crippen LogP contribution in [0.15, 0.2) is 24.3 Å². The van der Waals surface area contributed by atoms with E-state index in [0.29, 0.717) is 25.9 Å². The summed E-state index contributed by atoms with van der Waals surface area (Å²) in [5.74, 6) is -0.0639. The van der Waals surface area contributed by atoms with E-state index in [-0.39, 0.29) is 11.5 Å². The van der Waals surface area contributed by atoms with Gasteiger partial charge in [0.05, 0.1) is 0 Å². The van der Waals surface area contributed by atoms with E-state index in [4.69, 9.17) is 5.73 Å². The molecule has 3 N–H and O–H groups in total. The lowest BCUT2D eigenvalue weighted by Crippen LogP contribution is -2.42. The fourth-order valence-electron chi connectivity index (χ4n) is 2.24. The van der Waals surface area contributed by atoms with Crippen molar-refractivity contribution in [1.29, 1.82) is 0 Å². The molecule has 0 aromatic heterocycles. The molecular formula is C13H16N2O3. The molecule has 1 aliphatic heterocycles. The molecule has 1 aromatic carbocycles. The van der Waals surface area contributed by atoms with Crippen LogP contribution in [0, 0.1) is 0 Å². The number of nitrogens with two attached hydrogens (primary N) is 1. The van der Waals surface area contributed by atoms with Gasteiger partial charge in [-0.15, -0.1) is 0 Å². The number of ketones is 1. The van der Waals surface area contributed by atoms with Gasteiger partial charge in [-0.3, -0.25) is 14.5 Å². The maximum atomic E-state index is 11.6. The Bertz CT molecular complexity index is 446. The number of primary amides is 1. The van der Waals surface area contributed by atoms with Crippen molar-refractivity contribution in [2.75, 3.05) is 13.1 Å². The highest BCUT2D eigenvalue weighted by atomic mass is 16.3. The SMILES string of the molecule is NC(=O)C(c1ccc(O)cc1)N1CCC(=O)CC1. The van der Waals surface area contributed by atoms with Gasteiger partial charge in [0.15, 0.2) is 0 Å². The molecule has 1 heterocycles. The first-order valence-corrected chi connectivity index (χ1v) is 5.92. The van der Waals surface area contributed by atoms with Crippen LogP contribution in [0.25, 0.3) is 0 Å². The molecule has 1 aliphatic rings. The van der Waals surface area contributed by atoms with Crippen molar-refractivity contribution >= 4 is 11.7 Å². The summed E-state index contributed by atoms with van der Waals surface area (Å²) >= 11 is 0. The van der Waals surface area contributed by atoms with Crippen LogP contribution in [-0.4, -0.2) is 34.8 Å². The van der Waals surface area contributed by atoms with E-state index < -0.39 is 11.9 Å². The summed E-state index contributed by atoms with van der Waals surface area (Å²) in [6.45, 7) is 1.10. The second-order valence-corrected chi connectivity index (χ2v) is 4.47. The Labute approximate surface area is 105 Å². The lowest BCUT2D eigenvalue weighted by Gasteiger charge is -2.32. The number of carbonyl (C=O) groups is 2. The molecule has 0 spiro atoms. The van der Waals surface area contributed by atoms with Gasteiger partial charge < -0.3 is 10.8 Å². The van der Waals surface area contributed by atoms with Crippen molar-refractivity contribution in [2.24, 2.45) is 5.73 Å². The van der Waals surface area contributed by atoms with Crippen LogP contribution >= 0.6 is 0 Å². The van der Waals surface area contributed by atoms with Gasteiger partial charge in [-0.05, 0) is 17.7 Å². The second kappa shape index (κ2) is 5.18. The minimum Gasteiger partial charge on any atom is -0.508 e. The number of hydrogen-bond acceptors (Lipinski definition) is 4. The summed E-state index contributed by atoms with van der Waals surface area (Å²) in [4.78, 5) is 24.7. The summed E-state index contributed by atoms with van der Waals surface area (Å²) in [7, 11) is 0. The van der Waals surface area contributed by atoms with E-state index in [9.17, 15) is 14.7 Å².